The van der Waals surface area contributed by atoms with E-state index in [2.05, 4.69) is 21.2 Å². The molecular weight excluding hydrogens is 561 g/mol. The van der Waals surface area contributed by atoms with Crippen LogP contribution in [0.5, 0.6) is 0 Å². The number of carbonyl (C=O) groups is 2. The van der Waals surface area contributed by atoms with Crippen LogP contribution in [0.3, 0.4) is 0 Å². The Labute approximate surface area is 215 Å². The number of halogens is 4. The van der Waals surface area contributed by atoms with Crippen LogP contribution in [0.2, 0.25) is 0 Å². The number of thioether (sulfide) groups is 1. The van der Waals surface area contributed by atoms with Crippen LogP contribution in [0.15, 0.2) is 76.1 Å². The molecule has 1 aromatic heterocycles. The Bertz CT molecular complexity index is 1510. The third-order valence-corrected chi connectivity index (χ3v) is 6.66. The molecule has 0 atom stereocenters. The molecule has 3 aromatic carbocycles. The molecule has 11 heteroatoms. The summed E-state index contributed by atoms with van der Waals surface area (Å²) in [5.74, 6) is -2.12. The molecule has 0 spiro atoms. The molecule has 0 radical (unpaired) electrons. The average molecular weight is 578 g/mol. The van der Waals surface area contributed by atoms with Gasteiger partial charge in [-0.3, -0.25) is 10.0 Å². The number of carboxylic acid groups (broad SMARTS) is 1. The molecule has 1 heterocycles. The molecule has 36 heavy (non-hydrogen) atoms. The number of aromatic nitrogens is 1. The molecule has 0 aliphatic carbocycles. The number of fused-ring (bicyclic) bond motifs is 1. The first kappa shape index (κ1) is 25.5. The van der Waals surface area contributed by atoms with Gasteiger partial charge in [-0.1, -0.05) is 34.1 Å². The second-order valence-electron chi connectivity index (χ2n) is 7.71. The van der Waals surface area contributed by atoms with Crippen LogP contribution in [-0.4, -0.2) is 27.7 Å². The fraction of sp³-hybridized carbons (Fsp3) is 0.0800. The van der Waals surface area contributed by atoms with Crippen molar-refractivity contribution in [3.8, 4) is 11.3 Å². The van der Waals surface area contributed by atoms with E-state index in [9.17, 15) is 33.1 Å². The van der Waals surface area contributed by atoms with Gasteiger partial charge in [0.25, 0.3) is 17.1 Å². The van der Waals surface area contributed by atoms with Crippen LogP contribution in [0.4, 0.5) is 18.9 Å². The number of nitrogens with zero attached hydrogens (tertiary/aromatic N) is 1. The van der Waals surface area contributed by atoms with Crippen LogP contribution >= 0.6 is 27.7 Å². The Morgan fingerprint density at radius 3 is 2.36 bits per heavy atom. The maximum absolute atomic E-state index is 13.6. The summed E-state index contributed by atoms with van der Waals surface area (Å²) < 4.78 is 41.1. The second kappa shape index (κ2) is 9.82. The Morgan fingerprint density at radius 2 is 1.72 bits per heavy atom. The first-order chi connectivity index (χ1) is 17.0. The summed E-state index contributed by atoms with van der Waals surface area (Å²) in [7, 11) is 0. The lowest BCUT2D eigenvalue weighted by atomic mass is 9.97. The van der Waals surface area contributed by atoms with Crippen LogP contribution in [0.25, 0.3) is 22.2 Å². The highest BCUT2D eigenvalue weighted by molar-refractivity contribution is 9.10. The first-order valence-electron chi connectivity index (χ1n) is 10.3. The van der Waals surface area contributed by atoms with Crippen LogP contribution in [0.1, 0.15) is 26.3 Å². The van der Waals surface area contributed by atoms with Gasteiger partial charge in [-0.25, -0.2) is 4.79 Å². The van der Waals surface area contributed by atoms with Crippen LogP contribution < -0.4 is 10.0 Å². The van der Waals surface area contributed by atoms with Crippen molar-refractivity contribution in [3.63, 3.8) is 0 Å². The minimum absolute atomic E-state index is 0.140. The Morgan fingerprint density at radius 1 is 1.03 bits per heavy atom. The molecule has 0 fully saturated rings. The lowest BCUT2D eigenvalue weighted by Crippen LogP contribution is -2.36. The Kier molecular flexibility index (Phi) is 6.96. The zero-order chi connectivity index (χ0) is 26.2. The molecular formula is C25H17BrF3N2O4S+. The quantitative estimate of drug-likeness (QED) is 0.140. The van der Waals surface area contributed by atoms with Gasteiger partial charge in [0.15, 0.2) is 0 Å². The number of anilines is 1. The van der Waals surface area contributed by atoms with E-state index in [1.165, 1.54) is 0 Å². The summed E-state index contributed by atoms with van der Waals surface area (Å²) in [6.45, 7) is 1.63. The molecule has 4 aromatic rings. The zero-order valence-electron chi connectivity index (χ0n) is 18.4. The van der Waals surface area contributed by atoms with E-state index in [0.29, 0.717) is 32.2 Å². The highest BCUT2D eigenvalue weighted by Crippen LogP contribution is 2.41. The Hall–Kier alpha value is -3.57. The number of nitrogens with one attached hydrogen (secondary N) is 1. The molecule has 6 nitrogen and oxygen atoms in total. The normalized spacial score (nSPS) is 11.5. The van der Waals surface area contributed by atoms with E-state index < -0.39 is 34.0 Å². The van der Waals surface area contributed by atoms with Crippen molar-refractivity contribution in [1.29, 1.82) is 0 Å². The fourth-order valence-corrected chi connectivity index (χ4v) is 4.90. The summed E-state index contributed by atoms with van der Waals surface area (Å²) in [5.41, 5.74) is -3.47. The number of hydrogen-bond donors (Lipinski definition) is 3. The number of aromatic carboxylic acids is 1. The minimum atomic E-state index is -4.71. The maximum atomic E-state index is 13.6. The van der Waals surface area contributed by atoms with Gasteiger partial charge < -0.3 is 10.4 Å². The van der Waals surface area contributed by atoms with Crippen molar-refractivity contribution in [1.82, 2.24) is 0 Å². The van der Waals surface area contributed by atoms with Crippen molar-refractivity contribution >= 4 is 56.2 Å². The smallest absolute Gasteiger partial charge is 0.446 e. The highest BCUT2D eigenvalue weighted by atomic mass is 79.9. The number of alkyl halides is 3. The largest absolute Gasteiger partial charge is 0.478 e. The van der Waals surface area contributed by atoms with Gasteiger partial charge in [-0.05, 0) is 61.2 Å². The van der Waals surface area contributed by atoms with Gasteiger partial charge in [0.1, 0.15) is 0 Å². The standard InChI is InChI=1S/C25H16BrF3N2O4S/c1-13-21(23(32)30-18-9-7-15(24(33)34)11-20(18)36-25(27,28)29)17-12-16(26)8-10-19(17)31(35)22(13)14-5-3-2-4-6-14/h2-12H,1H3,(H2-,30,32,33,34,35)/p+1. The molecule has 0 saturated carbocycles. The van der Waals surface area contributed by atoms with Crippen LogP contribution in [-0.2, 0) is 0 Å². The predicted molar refractivity (Wildman–Crippen MR) is 132 cm³/mol. The lowest BCUT2D eigenvalue weighted by molar-refractivity contribution is -0.876. The van der Waals surface area contributed by atoms with Gasteiger partial charge in [-0.15, -0.1) is 0 Å². The average Bonchev–Trinajstić information content (AvgIpc) is 2.79. The van der Waals surface area contributed by atoms with Crippen molar-refractivity contribution in [2.45, 2.75) is 17.3 Å². The van der Waals surface area contributed by atoms with E-state index >= 15 is 0 Å². The van der Waals surface area contributed by atoms with E-state index in [1.807, 2.05) is 0 Å². The fourth-order valence-electron chi connectivity index (χ4n) is 3.87. The molecule has 0 saturated heterocycles. The van der Waals surface area contributed by atoms with Gasteiger partial charge in [0, 0.05) is 25.7 Å². The van der Waals surface area contributed by atoms with E-state index in [1.54, 1.807) is 55.5 Å². The monoisotopic (exact) mass is 577 g/mol. The summed E-state index contributed by atoms with van der Waals surface area (Å²) in [6, 6.07) is 16.9. The van der Waals surface area contributed by atoms with Gasteiger partial charge >= 0.3 is 11.5 Å². The number of pyridine rings is 1. The molecule has 3 N–H and O–H groups in total. The van der Waals surface area contributed by atoms with Crippen LogP contribution in [0, 0.1) is 6.92 Å². The number of carbonyl (C=O) groups excluding carboxylic acids is 1. The third kappa shape index (κ3) is 5.17. The van der Waals surface area contributed by atoms with Gasteiger partial charge in [0.05, 0.1) is 27.8 Å². The number of amides is 1. The SMILES string of the molecule is Cc1c(C(=O)Nc2ccc(C(=O)O)cc2SC(F)(F)F)c2cc(Br)ccc2[n+](O)c1-c1ccccc1. The molecule has 0 bridgehead atoms. The van der Waals surface area contributed by atoms with Crippen molar-refractivity contribution in [2.75, 3.05) is 5.32 Å². The number of benzene rings is 3. The first-order valence-corrected chi connectivity index (χ1v) is 11.9. The molecule has 0 aliphatic rings. The van der Waals surface area contributed by atoms with E-state index in [4.69, 9.17) is 0 Å². The summed E-state index contributed by atoms with van der Waals surface area (Å²) in [5, 5.41) is 23.1. The van der Waals surface area contributed by atoms with Crippen molar-refractivity contribution < 1.29 is 37.8 Å². The number of hydrogen-bond acceptors (Lipinski definition) is 4. The number of rotatable bonds is 5. The zero-order valence-corrected chi connectivity index (χ0v) is 20.8. The van der Waals surface area contributed by atoms with Crippen molar-refractivity contribution in [2.24, 2.45) is 0 Å². The van der Waals surface area contributed by atoms with Crippen molar-refractivity contribution in [3.05, 3.63) is 87.9 Å². The molecule has 4 rings (SSSR count). The summed E-state index contributed by atoms with van der Waals surface area (Å²) in [4.78, 5) is 24.4. The predicted octanol–water partition coefficient (Wildman–Crippen LogP) is 6.66. The molecule has 0 aliphatic heterocycles. The lowest BCUT2D eigenvalue weighted by Gasteiger charge is -2.15. The van der Waals surface area contributed by atoms with Gasteiger partial charge in [0.2, 0.25) is 0 Å². The maximum Gasteiger partial charge on any atom is 0.446 e. The Balaban J connectivity index is 1.90. The highest BCUT2D eigenvalue weighted by Gasteiger charge is 2.33. The minimum Gasteiger partial charge on any atom is -0.478 e. The molecule has 184 valence electrons. The summed E-state index contributed by atoms with van der Waals surface area (Å²) >= 11 is 2.83. The number of carboxylic acids is 1. The third-order valence-electron chi connectivity index (χ3n) is 5.37. The molecule has 0 unspecified atom stereocenters. The second-order valence-corrected chi connectivity index (χ2v) is 9.73. The molecule has 1 amide bonds. The topological polar surface area (TPSA) is 90.5 Å². The summed E-state index contributed by atoms with van der Waals surface area (Å²) in [6.07, 6.45) is 0. The van der Waals surface area contributed by atoms with E-state index in [-0.39, 0.29) is 16.8 Å². The van der Waals surface area contributed by atoms with E-state index in [0.717, 1.165) is 22.9 Å². The van der Waals surface area contributed by atoms with Gasteiger partial charge in [-0.2, -0.15) is 13.2 Å².